The van der Waals surface area contributed by atoms with Gasteiger partial charge in [-0.1, -0.05) is 43.1 Å². The lowest BCUT2D eigenvalue weighted by atomic mass is 10.0. The molecule has 29 heavy (non-hydrogen) atoms. The van der Waals surface area contributed by atoms with Gasteiger partial charge in [0.25, 0.3) is 5.91 Å². The first-order valence-electron chi connectivity index (χ1n) is 10.3. The number of halogens is 1. The molecule has 1 atom stereocenters. The number of unbranched alkanes of at least 4 members (excludes halogenated alkanes) is 1. The number of morpholine rings is 1. The summed E-state index contributed by atoms with van der Waals surface area (Å²) in [5, 5.41) is 3.79. The second-order valence-corrected chi connectivity index (χ2v) is 7.53. The Bertz CT molecular complexity index is 776. The Balaban J connectivity index is 1.64. The molecule has 1 saturated heterocycles. The molecule has 1 fully saturated rings. The fourth-order valence-corrected chi connectivity index (χ4v) is 3.66. The predicted molar refractivity (Wildman–Crippen MR) is 116 cm³/mol. The van der Waals surface area contributed by atoms with E-state index in [1.807, 2.05) is 36.4 Å². The van der Waals surface area contributed by atoms with Gasteiger partial charge in [-0.25, -0.2) is 0 Å². The summed E-state index contributed by atoms with van der Waals surface area (Å²) in [7, 11) is 0. The van der Waals surface area contributed by atoms with Gasteiger partial charge >= 0.3 is 0 Å². The van der Waals surface area contributed by atoms with Crippen molar-refractivity contribution in [1.29, 1.82) is 0 Å². The molecule has 1 amide bonds. The smallest absolute Gasteiger partial charge is 0.251 e. The highest BCUT2D eigenvalue weighted by Crippen LogP contribution is 2.28. The van der Waals surface area contributed by atoms with Crippen molar-refractivity contribution < 1.29 is 14.3 Å². The second-order valence-electron chi connectivity index (χ2n) is 7.12. The van der Waals surface area contributed by atoms with Crippen molar-refractivity contribution >= 4 is 17.5 Å². The number of hydrogen-bond acceptors (Lipinski definition) is 4. The second kappa shape index (κ2) is 11.2. The highest BCUT2D eigenvalue weighted by molar-refractivity contribution is 6.31. The van der Waals surface area contributed by atoms with E-state index in [-0.39, 0.29) is 11.9 Å². The van der Waals surface area contributed by atoms with Gasteiger partial charge in [-0.3, -0.25) is 9.69 Å². The van der Waals surface area contributed by atoms with Gasteiger partial charge in [0, 0.05) is 30.2 Å². The highest BCUT2D eigenvalue weighted by atomic mass is 35.5. The summed E-state index contributed by atoms with van der Waals surface area (Å²) in [5.74, 6) is 0.688. The molecule has 1 aliphatic rings. The average molecular weight is 417 g/mol. The maximum Gasteiger partial charge on any atom is 0.251 e. The zero-order valence-electron chi connectivity index (χ0n) is 16.9. The van der Waals surface area contributed by atoms with Crippen molar-refractivity contribution in [1.82, 2.24) is 10.2 Å². The third-order valence-electron chi connectivity index (χ3n) is 5.09. The van der Waals surface area contributed by atoms with Crippen LogP contribution in [0.15, 0.2) is 48.5 Å². The van der Waals surface area contributed by atoms with E-state index in [1.165, 1.54) is 0 Å². The van der Waals surface area contributed by atoms with E-state index in [0.717, 1.165) is 37.2 Å². The van der Waals surface area contributed by atoms with Crippen LogP contribution < -0.4 is 10.1 Å². The van der Waals surface area contributed by atoms with Crippen molar-refractivity contribution in [3.05, 3.63) is 64.7 Å². The molecule has 2 aromatic carbocycles. The molecule has 1 aliphatic heterocycles. The van der Waals surface area contributed by atoms with Crippen LogP contribution in [-0.4, -0.2) is 50.3 Å². The fourth-order valence-electron chi connectivity index (χ4n) is 3.40. The van der Waals surface area contributed by atoms with Crippen LogP contribution in [0.3, 0.4) is 0 Å². The molecule has 1 heterocycles. The summed E-state index contributed by atoms with van der Waals surface area (Å²) in [5.41, 5.74) is 1.64. The Morgan fingerprint density at radius 1 is 1.17 bits per heavy atom. The Morgan fingerprint density at radius 3 is 2.59 bits per heavy atom. The van der Waals surface area contributed by atoms with E-state index >= 15 is 0 Å². The zero-order chi connectivity index (χ0) is 20.5. The van der Waals surface area contributed by atoms with Crippen LogP contribution in [0.2, 0.25) is 5.02 Å². The highest BCUT2D eigenvalue weighted by Gasteiger charge is 2.25. The van der Waals surface area contributed by atoms with Crippen LogP contribution in [0.4, 0.5) is 0 Å². The van der Waals surface area contributed by atoms with Gasteiger partial charge in [-0.15, -0.1) is 0 Å². The van der Waals surface area contributed by atoms with Crippen LogP contribution in [0.25, 0.3) is 0 Å². The monoisotopic (exact) mass is 416 g/mol. The van der Waals surface area contributed by atoms with Crippen LogP contribution >= 0.6 is 11.6 Å². The first-order valence-corrected chi connectivity index (χ1v) is 10.6. The molecule has 1 N–H and O–H groups in total. The number of carbonyl (C=O) groups is 1. The van der Waals surface area contributed by atoms with Gasteiger partial charge in [0.2, 0.25) is 0 Å². The number of nitrogens with one attached hydrogen (secondary N) is 1. The lowest BCUT2D eigenvalue weighted by molar-refractivity contribution is 0.0162. The quantitative estimate of drug-likeness (QED) is 0.618. The third-order valence-corrected chi connectivity index (χ3v) is 5.43. The van der Waals surface area contributed by atoms with E-state index < -0.39 is 0 Å². The fraction of sp³-hybridized carbons (Fsp3) is 0.435. The minimum atomic E-state index is -0.101. The summed E-state index contributed by atoms with van der Waals surface area (Å²) in [4.78, 5) is 15.0. The average Bonchev–Trinajstić information content (AvgIpc) is 2.76. The molecule has 0 radical (unpaired) electrons. The predicted octanol–water partition coefficient (Wildman–Crippen LogP) is 4.32. The Hall–Kier alpha value is -2.08. The van der Waals surface area contributed by atoms with E-state index in [0.29, 0.717) is 37.0 Å². The number of carbonyl (C=O) groups excluding carboxylic acids is 1. The van der Waals surface area contributed by atoms with Crippen LogP contribution in [0.1, 0.15) is 41.7 Å². The molecule has 2 aromatic rings. The summed E-state index contributed by atoms with van der Waals surface area (Å²) in [6, 6.07) is 15.1. The minimum Gasteiger partial charge on any atom is -0.494 e. The van der Waals surface area contributed by atoms with Crippen molar-refractivity contribution in [2.75, 3.05) is 39.5 Å². The van der Waals surface area contributed by atoms with E-state index in [4.69, 9.17) is 21.1 Å². The van der Waals surface area contributed by atoms with Gasteiger partial charge in [0.1, 0.15) is 5.75 Å². The molecule has 0 aromatic heterocycles. The van der Waals surface area contributed by atoms with Gasteiger partial charge in [0.15, 0.2) is 0 Å². The van der Waals surface area contributed by atoms with Crippen molar-refractivity contribution in [3.63, 3.8) is 0 Å². The van der Waals surface area contributed by atoms with Crippen LogP contribution in [-0.2, 0) is 4.74 Å². The first kappa shape index (κ1) is 21.6. The third kappa shape index (κ3) is 6.20. The number of hydrogen-bond donors (Lipinski definition) is 1. The van der Waals surface area contributed by atoms with Crippen LogP contribution in [0, 0.1) is 0 Å². The Morgan fingerprint density at radius 2 is 1.90 bits per heavy atom. The molecule has 3 rings (SSSR count). The van der Waals surface area contributed by atoms with Crippen molar-refractivity contribution in [2.45, 2.75) is 25.8 Å². The molecule has 0 spiro atoms. The number of amides is 1. The number of benzene rings is 2. The lowest BCUT2D eigenvalue weighted by Crippen LogP contribution is -2.44. The number of rotatable bonds is 9. The lowest BCUT2D eigenvalue weighted by Gasteiger charge is -2.35. The Labute approximate surface area is 177 Å². The molecule has 156 valence electrons. The minimum absolute atomic E-state index is 0.00759. The molecular formula is C23H29ClN2O3. The Kier molecular flexibility index (Phi) is 8.35. The van der Waals surface area contributed by atoms with Crippen molar-refractivity contribution in [3.8, 4) is 5.75 Å². The van der Waals surface area contributed by atoms with E-state index in [9.17, 15) is 4.79 Å². The summed E-state index contributed by atoms with van der Waals surface area (Å²) in [6.45, 7) is 6.32. The molecule has 5 nitrogen and oxygen atoms in total. The number of ether oxygens (including phenoxy) is 2. The molecular weight excluding hydrogens is 388 g/mol. The molecule has 0 bridgehead atoms. The molecule has 6 heteroatoms. The van der Waals surface area contributed by atoms with Gasteiger partial charge in [-0.2, -0.15) is 0 Å². The summed E-state index contributed by atoms with van der Waals surface area (Å²) < 4.78 is 11.1. The molecule has 1 unspecified atom stereocenters. The normalized spacial score (nSPS) is 15.7. The number of nitrogens with zero attached hydrogens (tertiary/aromatic N) is 1. The molecule has 0 saturated carbocycles. The largest absolute Gasteiger partial charge is 0.494 e. The van der Waals surface area contributed by atoms with Gasteiger partial charge in [0.05, 0.1) is 25.9 Å². The first-order chi connectivity index (χ1) is 14.2. The standard InChI is InChI=1S/C23H29ClN2O3/c1-2-3-14-29-19-10-8-18(9-11-19)23(27)25-17-22(26-12-15-28-16-13-26)20-6-4-5-7-21(20)24/h4-11,22H,2-3,12-17H2,1H3,(H,25,27). The molecule has 0 aliphatic carbocycles. The SMILES string of the molecule is CCCCOc1ccc(C(=O)NCC(c2ccccc2Cl)N2CCOCC2)cc1. The summed E-state index contributed by atoms with van der Waals surface area (Å²) >= 11 is 6.46. The van der Waals surface area contributed by atoms with Gasteiger partial charge in [-0.05, 0) is 42.3 Å². The topological polar surface area (TPSA) is 50.8 Å². The maximum atomic E-state index is 12.7. The zero-order valence-corrected chi connectivity index (χ0v) is 17.7. The maximum absolute atomic E-state index is 12.7. The summed E-state index contributed by atoms with van der Waals surface area (Å²) in [6.07, 6.45) is 2.11. The van der Waals surface area contributed by atoms with Crippen molar-refractivity contribution in [2.24, 2.45) is 0 Å². The van der Waals surface area contributed by atoms with Crippen LogP contribution in [0.5, 0.6) is 5.75 Å². The van der Waals surface area contributed by atoms with E-state index in [1.54, 1.807) is 12.1 Å². The van der Waals surface area contributed by atoms with Gasteiger partial charge < -0.3 is 14.8 Å². The van der Waals surface area contributed by atoms with E-state index in [2.05, 4.69) is 17.1 Å².